The van der Waals surface area contributed by atoms with Crippen molar-refractivity contribution in [2.75, 3.05) is 11.4 Å². The molecule has 0 spiro atoms. The summed E-state index contributed by atoms with van der Waals surface area (Å²) >= 11 is 0. The molecule has 5 heteroatoms. The molecule has 0 saturated carbocycles. The lowest BCUT2D eigenvalue weighted by Crippen LogP contribution is -2.47. The van der Waals surface area contributed by atoms with Crippen LogP contribution in [-0.2, 0) is 0 Å². The van der Waals surface area contributed by atoms with E-state index < -0.39 is 12.1 Å². The molecule has 82 valence electrons. The molecule has 2 heterocycles. The lowest BCUT2D eigenvalue weighted by Gasteiger charge is -2.37. The van der Waals surface area contributed by atoms with Crippen LogP contribution in [0, 0.1) is 5.95 Å². The molecular weight excluding hydrogens is 197 g/mol. The first-order chi connectivity index (χ1) is 7.20. The minimum atomic E-state index is -0.571. The van der Waals surface area contributed by atoms with Gasteiger partial charge in [0.25, 0.3) is 5.95 Å². The van der Waals surface area contributed by atoms with Gasteiger partial charge in [0.05, 0.1) is 12.1 Å². The van der Waals surface area contributed by atoms with Crippen LogP contribution in [0.5, 0.6) is 0 Å². The lowest BCUT2D eigenvalue weighted by atomic mass is 10.0. The summed E-state index contributed by atoms with van der Waals surface area (Å²) in [6.45, 7) is 2.59. The zero-order valence-corrected chi connectivity index (χ0v) is 8.60. The Morgan fingerprint density at radius 1 is 1.47 bits per heavy atom. The summed E-state index contributed by atoms with van der Waals surface area (Å²) in [5.41, 5.74) is 0. The topological polar surface area (TPSA) is 49.2 Å². The molecule has 1 fully saturated rings. The Bertz CT molecular complexity index is 347. The fraction of sp³-hybridized carbons (Fsp3) is 0.600. The molecule has 1 aliphatic heterocycles. The maximum Gasteiger partial charge on any atom is 0.255 e. The van der Waals surface area contributed by atoms with E-state index in [1.54, 1.807) is 4.90 Å². The van der Waals surface area contributed by atoms with Gasteiger partial charge in [0, 0.05) is 18.9 Å². The number of rotatable bonds is 1. The van der Waals surface area contributed by atoms with Crippen molar-refractivity contribution in [2.24, 2.45) is 0 Å². The second-order valence-electron chi connectivity index (χ2n) is 3.81. The minimum Gasteiger partial charge on any atom is -0.391 e. The van der Waals surface area contributed by atoms with Crippen molar-refractivity contribution >= 4 is 5.82 Å². The van der Waals surface area contributed by atoms with E-state index in [0.29, 0.717) is 6.54 Å². The Morgan fingerprint density at radius 3 is 2.93 bits per heavy atom. The molecule has 2 unspecified atom stereocenters. The van der Waals surface area contributed by atoms with Crippen LogP contribution < -0.4 is 4.90 Å². The summed E-state index contributed by atoms with van der Waals surface area (Å²) in [6.07, 6.45) is 3.98. The Balaban J connectivity index is 2.26. The highest BCUT2D eigenvalue weighted by Gasteiger charge is 2.28. The maximum absolute atomic E-state index is 13.4. The van der Waals surface area contributed by atoms with Gasteiger partial charge in [0.1, 0.15) is 0 Å². The summed E-state index contributed by atoms with van der Waals surface area (Å²) in [6, 6.07) is -0.107. The molecule has 4 nitrogen and oxygen atoms in total. The van der Waals surface area contributed by atoms with Gasteiger partial charge < -0.3 is 10.0 Å². The van der Waals surface area contributed by atoms with E-state index in [-0.39, 0.29) is 11.9 Å². The smallest absolute Gasteiger partial charge is 0.255 e. The molecule has 15 heavy (non-hydrogen) atoms. The highest BCUT2D eigenvalue weighted by molar-refractivity contribution is 5.39. The summed E-state index contributed by atoms with van der Waals surface area (Å²) in [4.78, 5) is 9.30. The lowest BCUT2D eigenvalue weighted by molar-refractivity contribution is 0.119. The summed E-state index contributed by atoms with van der Waals surface area (Å²) in [5, 5.41) is 9.69. The fourth-order valence-corrected chi connectivity index (χ4v) is 1.93. The van der Waals surface area contributed by atoms with Gasteiger partial charge in [-0.1, -0.05) is 0 Å². The van der Waals surface area contributed by atoms with E-state index in [0.717, 1.165) is 12.8 Å². The zero-order chi connectivity index (χ0) is 10.8. The van der Waals surface area contributed by atoms with Crippen LogP contribution in [0.3, 0.4) is 0 Å². The number of hydrogen-bond acceptors (Lipinski definition) is 4. The number of aromatic nitrogens is 2. The van der Waals surface area contributed by atoms with Crippen molar-refractivity contribution in [1.82, 2.24) is 9.97 Å². The number of hydrogen-bond donors (Lipinski definition) is 1. The number of anilines is 1. The molecule has 0 aromatic carbocycles. The SMILES string of the molecule is CC1C(O)CCCN1c1nccnc1F. The third kappa shape index (κ3) is 1.92. The Kier molecular flexibility index (Phi) is 2.81. The Morgan fingerprint density at radius 2 is 2.20 bits per heavy atom. The molecule has 1 saturated heterocycles. The third-order valence-electron chi connectivity index (χ3n) is 2.86. The van der Waals surface area contributed by atoms with Crippen LogP contribution in [0.15, 0.2) is 12.4 Å². The average molecular weight is 211 g/mol. The maximum atomic E-state index is 13.4. The van der Waals surface area contributed by atoms with E-state index in [1.807, 2.05) is 6.92 Å². The molecule has 1 aromatic heterocycles. The number of aliphatic hydroxyl groups excluding tert-OH is 1. The molecule has 2 atom stereocenters. The number of nitrogens with zero attached hydrogens (tertiary/aromatic N) is 3. The van der Waals surface area contributed by atoms with Gasteiger partial charge in [-0.15, -0.1) is 0 Å². The molecule has 0 amide bonds. The quantitative estimate of drug-likeness (QED) is 0.751. The molecule has 1 aliphatic rings. The predicted molar refractivity (Wildman–Crippen MR) is 54.0 cm³/mol. The predicted octanol–water partition coefficient (Wildman–Crippen LogP) is 0.965. The summed E-state index contributed by atoms with van der Waals surface area (Å²) in [5.74, 6) is -0.331. The van der Waals surface area contributed by atoms with E-state index in [9.17, 15) is 9.50 Å². The van der Waals surface area contributed by atoms with Crippen molar-refractivity contribution in [3.8, 4) is 0 Å². The van der Waals surface area contributed by atoms with Gasteiger partial charge in [-0.25, -0.2) is 9.97 Å². The van der Waals surface area contributed by atoms with Crippen LogP contribution in [0.1, 0.15) is 19.8 Å². The van der Waals surface area contributed by atoms with Crippen molar-refractivity contribution in [3.05, 3.63) is 18.3 Å². The third-order valence-corrected chi connectivity index (χ3v) is 2.86. The summed E-state index contributed by atoms with van der Waals surface area (Å²) < 4.78 is 13.4. The molecule has 1 aromatic rings. The van der Waals surface area contributed by atoms with Crippen LogP contribution in [0.2, 0.25) is 0 Å². The number of halogens is 1. The van der Waals surface area contributed by atoms with Gasteiger partial charge in [0.2, 0.25) is 0 Å². The second kappa shape index (κ2) is 4.10. The highest BCUT2D eigenvalue weighted by Crippen LogP contribution is 2.24. The van der Waals surface area contributed by atoms with Crippen molar-refractivity contribution in [2.45, 2.75) is 31.9 Å². The van der Waals surface area contributed by atoms with Crippen LogP contribution >= 0.6 is 0 Å². The normalized spacial score (nSPS) is 26.7. The standard InChI is InChI=1S/C10H14FN3O/c1-7-8(15)3-2-6-14(7)10-9(11)12-4-5-13-10/h4-5,7-8,15H,2-3,6H2,1H3. The van der Waals surface area contributed by atoms with Gasteiger partial charge in [-0.2, -0.15) is 4.39 Å². The fourth-order valence-electron chi connectivity index (χ4n) is 1.93. The highest BCUT2D eigenvalue weighted by atomic mass is 19.1. The first-order valence-corrected chi connectivity index (χ1v) is 5.11. The van der Waals surface area contributed by atoms with E-state index >= 15 is 0 Å². The van der Waals surface area contributed by atoms with Crippen LogP contribution in [0.25, 0.3) is 0 Å². The van der Waals surface area contributed by atoms with Gasteiger partial charge in [-0.3, -0.25) is 0 Å². The van der Waals surface area contributed by atoms with Crippen molar-refractivity contribution in [1.29, 1.82) is 0 Å². The van der Waals surface area contributed by atoms with Gasteiger partial charge in [0.15, 0.2) is 5.82 Å². The van der Waals surface area contributed by atoms with E-state index in [1.165, 1.54) is 12.4 Å². The van der Waals surface area contributed by atoms with Gasteiger partial charge >= 0.3 is 0 Å². The first kappa shape index (κ1) is 10.3. The minimum absolute atomic E-state index is 0.107. The Labute approximate surface area is 87.8 Å². The molecule has 2 rings (SSSR count). The van der Waals surface area contributed by atoms with Crippen LogP contribution in [-0.4, -0.2) is 33.8 Å². The molecule has 0 radical (unpaired) electrons. The number of aliphatic hydroxyl groups is 1. The molecule has 1 N–H and O–H groups in total. The molecule has 0 bridgehead atoms. The monoisotopic (exact) mass is 211 g/mol. The Hall–Kier alpha value is -1.23. The van der Waals surface area contributed by atoms with Crippen LogP contribution in [0.4, 0.5) is 10.2 Å². The first-order valence-electron chi connectivity index (χ1n) is 5.11. The number of piperidine rings is 1. The van der Waals surface area contributed by atoms with Crippen molar-refractivity contribution in [3.63, 3.8) is 0 Å². The van der Waals surface area contributed by atoms with E-state index in [4.69, 9.17) is 0 Å². The average Bonchev–Trinajstić information content (AvgIpc) is 2.23. The largest absolute Gasteiger partial charge is 0.391 e. The zero-order valence-electron chi connectivity index (χ0n) is 8.60. The van der Waals surface area contributed by atoms with Crippen molar-refractivity contribution < 1.29 is 9.50 Å². The van der Waals surface area contributed by atoms with E-state index in [2.05, 4.69) is 9.97 Å². The second-order valence-corrected chi connectivity index (χ2v) is 3.81. The van der Waals surface area contributed by atoms with Gasteiger partial charge in [-0.05, 0) is 19.8 Å². The molecule has 0 aliphatic carbocycles. The molecular formula is C10H14FN3O. The summed E-state index contributed by atoms with van der Waals surface area (Å²) in [7, 11) is 0.